The molecule has 0 bridgehead atoms. The highest BCUT2D eigenvalue weighted by Gasteiger charge is 2.24. The minimum atomic E-state index is -3.94. The normalized spacial score (nSPS) is 12.0. The second-order valence-corrected chi connectivity index (χ2v) is 10.1. The molecule has 2 aromatic carbocycles. The molecule has 4 rings (SSSR count). The summed E-state index contributed by atoms with van der Waals surface area (Å²) in [5.74, 6) is 1.04. The molecule has 0 fully saturated rings. The number of rotatable bonds is 8. The van der Waals surface area contributed by atoms with Gasteiger partial charge in [0, 0.05) is 16.7 Å². The Morgan fingerprint density at radius 3 is 2.56 bits per heavy atom. The van der Waals surface area contributed by atoms with Gasteiger partial charge in [0.1, 0.15) is 6.26 Å². The van der Waals surface area contributed by atoms with E-state index in [0.717, 1.165) is 16.7 Å². The predicted octanol–water partition coefficient (Wildman–Crippen LogP) is 6.17. The van der Waals surface area contributed by atoms with Gasteiger partial charge in [-0.1, -0.05) is 55.4 Å². The lowest BCUT2D eigenvalue weighted by Gasteiger charge is -2.15. The highest BCUT2D eigenvalue weighted by Crippen LogP contribution is 2.34. The van der Waals surface area contributed by atoms with Gasteiger partial charge >= 0.3 is 0 Å². The number of sulfonamides is 1. The summed E-state index contributed by atoms with van der Waals surface area (Å²) in [7, 11) is -3.94. The molecule has 0 aliphatic heterocycles. The van der Waals surface area contributed by atoms with Gasteiger partial charge in [-0.2, -0.15) is 0 Å². The van der Waals surface area contributed by atoms with Gasteiger partial charge in [-0.25, -0.2) is 18.1 Å². The fourth-order valence-corrected chi connectivity index (χ4v) is 4.87. The van der Waals surface area contributed by atoms with Crippen LogP contribution < -0.4 is 4.72 Å². The number of aryl methyl sites for hydroxylation is 1. The van der Waals surface area contributed by atoms with Crippen molar-refractivity contribution in [3.05, 3.63) is 83.9 Å². The molecular formula is C26H27N3O4S. The van der Waals surface area contributed by atoms with E-state index in [2.05, 4.69) is 40.9 Å². The van der Waals surface area contributed by atoms with Crippen molar-refractivity contribution in [2.24, 2.45) is 5.92 Å². The number of anilines is 1. The number of nitrogens with one attached hydrogen (secondary N) is 1. The molecule has 0 saturated carbocycles. The molecule has 176 valence electrons. The summed E-state index contributed by atoms with van der Waals surface area (Å²) in [5, 5.41) is 3.85. The van der Waals surface area contributed by atoms with Crippen LogP contribution in [-0.2, 0) is 16.4 Å². The minimum absolute atomic E-state index is 0.117. The number of nitrogens with zero attached hydrogens (tertiary/aromatic N) is 2. The first-order valence-electron chi connectivity index (χ1n) is 11.0. The third-order valence-corrected chi connectivity index (χ3v) is 6.88. The molecule has 2 aromatic heterocycles. The van der Waals surface area contributed by atoms with E-state index in [1.54, 1.807) is 32.2 Å². The van der Waals surface area contributed by atoms with Crippen LogP contribution in [0.4, 0.5) is 5.88 Å². The Bertz CT molecular complexity index is 1420. The highest BCUT2D eigenvalue weighted by molar-refractivity contribution is 7.92. The van der Waals surface area contributed by atoms with Crippen molar-refractivity contribution in [3.63, 3.8) is 0 Å². The van der Waals surface area contributed by atoms with Crippen LogP contribution in [0.1, 0.15) is 30.7 Å². The van der Waals surface area contributed by atoms with Crippen LogP contribution in [0.2, 0.25) is 0 Å². The largest absolute Gasteiger partial charge is 0.445 e. The van der Waals surface area contributed by atoms with Crippen molar-refractivity contribution in [2.45, 2.75) is 39.0 Å². The molecule has 7 nitrogen and oxygen atoms in total. The third-order valence-electron chi connectivity index (χ3n) is 5.49. The lowest BCUT2D eigenvalue weighted by Crippen LogP contribution is -2.14. The van der Waals surface area contributed by atoms with E-state index < -0.39 is 10.0 Å². The van der Waals surface area contributed by atoms with Gasteiger partial charge in [-0.3, -0.25) is 0 Å². The van der Waals surface area contributed by atoms with Crippen LogP contribution in [0.5, 0.6) is 0 Å². The first kappa shape index (κ1) is 23.5. The molecule has 8 heteroatoms. The molecule has 1 N–H and O–H groups in total. The van der Waals surface area contributed by atoms with Crippen molar-refractivity contribution in [3.8, 4) is 22.6 Å². The third kappa shape index (κ3) is 4.97. The van der Waals surface area contributed by atoms with Crippen LogP contribution in [0.25, 0.3) is 22.6 Å². The summed E-state index contributed by atoms with van der Waals surface area (Å²) >= 11 is 0. The molecule has 0 aliphatic rings. The van der Waals surface area contributed by atoms with Gasteiger partial charge in [0.2, 0.25) is 11.8 Å². The topological polar surface area (TPSA) is 98.2 Å². The summed E-state index contributed by atoms with van der Waals surface area (Å²) in [4.78, 5) is 4.40. The van der Waals surface area contributed by atoms with Crippen molar-refractivity contribution in [2.75, 3.05) is 4.72 Å². The molecule has 2 heterocycles. The van der Waals surface area contributed by atoms with Crippen LogP contribution >= 0.6 is 0 Å². The van der Waals surface area contributed by atoms with Crippen molar-refractivity contribution in [1.82, 2.24) is 10.1 Å². The summed E-state index contributed by atoms with van der Waals surface area (Å²) in [6.45, 7) is 7.75. The smallest absolute Gasteiger partial charge is 0.264 e. The fraction of sp³-hybridized carbons (Fsp3) is 0.231. The van der Waals surface area contributed by atoms with Crippen LogP contribution in [0.3, 0.4) is 0 Å². The second-order valence-electron chi connectivity index (χ2n) is 8.41. The van der Waals surface area contributed by atoms with Gasteiger partial charge in [0.15, 0.2) is 0 Å². The molecule has 0 spiro atoms. The molecule has 34 heavy (non-hydrogen) atoms. The van der Waals surface area contributed by atoms with Gasteiger partial charge in [-0.05, 0) is 55.5 Å². The Kier molecular flexibility index (Phi) is 6.70. The summed E-state index contributed by atoms with van der Waals surface area (Å²) in [6, 6.07) is 12.7. The molecule has 0 atom stereocenters. The number of hydrogen-bond acceptors (Lipinski definition) is 6. The molecular weight excluding hydrogens is 450 g/mol. The fourth-order valence-electron chi connectivity index (χ4n) is 3.60. The van der Waals surface area contributed by atoms with E-state index in [1.165, 1.54) is 6.26 Å². The first-order chi connectivity index (χ1) is 16.3. The van der Waals surface area contributed by atoms with Gasteiger partial charge < -0.3 is 8.94 Å². The van der Waals surface area contributed by atoms with E-state index >= 15 is 0 Å². The minimum Gasteiger partial charge on any atom is -0.445 e. The van der Waals surface area contributed by atoms with E-state index in [1.807, 2.05) is 30.3 Å². The maximum Gasteiger partial charge on any atom is 0.264 e. The first-order valence-corrected chi connectivity index (χ1v) is 12.5. The maximum absolute atomic E-state index is 13.4. The number of benzene rings is 2. The lowest BCUT2D eigenvalue weighted by molar-refractivity contribution is 0.430. The van der Waals surface area contributed by atoms with Crippen molar-refractivity contribution < 1.29 is 17.4 Å². The molecule has 0 aliphatic carbocycles. The number of oxazole rings is 1. The van der Waals surface area contributed by atoms with Crippen molar-refractivity contribution >= 4 is 15.9 Å². The molecule has 0 unspecified atom stereocenters. The average Bonchev–Trinajstić information content (AvgIpc) is 3.45. The average molecular weight is 478 g/mol. The number of hydrogen-bond donors (Lipinski definition) is 1. The zero-order chi connectivity index (χ0) is 24.3. The van der Waals surface area contributed by atoms with Crippen LogP contribution in [0.15, 0.2) is 80.9 Å². The predicted molar refractivity (Wildman–Crippen MR) is 132 cm³/mol. The Hall–Kier alpha value is -3.65. The SMILES string of the molecule is Cc1noc(NS(=O)(=O)c2ccccc2-c2ccc(-c3ncco3)cc2CC=CC(C)C)c1C. The number of allylic oxidation sites excluding steroid dienone is 2. The molecule has 0 saturated heterocycles. The summed E-state index contributed by atoms with van der Waals surface area (Å²) in [5.41, 5.74) is 4.48. The highest BCUT2D eigenvalue weighted by atomic mass is 32.2. The molecule has 0 radical (unpaired) electrons. The van der Waals surface area contributed by atoms with Crippen LogP contribution in [-0.4, -0.2) is 18.6 Å². The second kappa shape index (κ2) is 9.69. The zero-order valence-corrected chi connectivity index (χ0v) is 20.4. The van der Waals surface area contributed by atoms with Gasteiger partial charge in [-0.15, -0.1) is 0 Å². The van der Waals surface area contributed by atoms with Gasteiger partial charge in [0.25, 0.3) is 10.0 Å². The van der Waals surface area contributed by atoms with E-state index in [4.69, 9.17) is 8.94 Å². The van der Waals surface area contributed by atoms with Crippen LogP contribution in [0, 0.1) is 19.8 Å². The monoisotopic (exact) mass is 477 g/mol. The number of aromatic nitrogens is 2. The Morgan fingerprint density at radius 1 is 1.09 bits per heavy atom. The van der Waals surface area contributed by atoms with E-state index in [9.17, 15) is 8.42 Å². The van der Waals surface area contributed by atoms with Gasteiger partial charge in [0.05, 0.1) is 16.8 Å². The molecule has 4 aromatic rings. The lowest BCUT2D eigenvalue weighted by atomic mass is 9.95. The van der Waals surface area contributed by atoms with E-state index in [-0.39, 0.29) is 10.8 Å². The summed E-state index contributed by atoms with van der Waals surface area (Å²) in [6.07, 6.45) is 7.98. The van der Waals surface area contributed by atoms with E-state index in [0.29, 0.717) is 35.1 Å². The van der Waals surface area contributed by atoms with Crippen molar-refractivity contribution in [1.29, 1.82) is 0 Å². The Balaban J connectivity index is 1.80. The molecule has 0 amide bonds. The Labute approximate surface area is 199 Å². The summed E-state index contributed by atoms with van der Waals surface area (Å²) < 4.78 is 40.0. The maximum atomic E-state index is 13.4. The quantitative estimate of drug-likeness (QED) is 0.305. The standard InChI is InChI=1S/C26H27N3O4S/c1-17(2)8-7-9-20-16-21(26-27-14-15-32-26)12-13-22(20)23-10-5-6-11-24(23)34(30,31)29-25-18(3)19(4)28-33-25/h5-8,10-17,29H,9H2,1-4H3. The Morgan fingerprint density at radius 2 is 1.88 bits per heavy atom. The zero-order valence-electron chi connectivity index (χ0n) is 19.6.